The van der Waals surface area contributed by atoms with E-state index in [1.807, 2.05) is 18.7 Å². The highest BCUT2D eigenvalue weighted by molar-refractivity contribution is 5.54. The third-order valence-electron chi connectivity index (χ3n) is 2.53. The molecule has 0 fully saturated rings. The van der Waals surface area contributed by atoms with Gasteiger partial charge in [-0.25, -0.2) is 4.39 Å². The molecule has 1 aromatic carbocycles. The topological polar surface area (TPSA) is 43.7 Å². The van der Waals surface area contributed by atoms with Crippen molar-refractivity contribution in [3.63, 3.8) is 0 Å². The van der Waals surface area contributed by atoms with Gasteiger partial charge in [-0.15, -0.1) is 0 Å². The molecule has 0 spiro atoms. The van der Waals surface area contributed by atoms with Crippen molar-refractivity contribution in [2.75, 3.05) is 18.1 Å². The van der Waals surface area contributed by atoms with E-state index in [0.29, 0.717) is 12.2 Å². The standard InChI is InChI=1S/C12H18FNO2/c1-9(2)14(6-7-15)12-5-3-4-11(13)10(12)8-16/h3-5,9,15-16H,6-8H2,1-2H3. The van der Waals surface area contributed by atoms with Gasteiger partial charge in [-0.3, -0.25) is 0 Å². The SMILES string of the molecule is CC(C)N(CCO)c1cccc(F)c1CO. The summed E-state index contributed by atoms with van der Waals surface area (Å²) >= 11 is 0. The maximum absolute atomic E-state index is 13.5. The van der Waals surface area contributed by atoms with Gasteiger partial charge in [0, 0.05) is 23.8 Å². The summed E-state index contributed by atoms with van der Waals surface area (Å²) in [6, 6.07) is 4.83. The Morgan fingerprint density at radius 2 is 2.00 bits per heavy atom. The van der Waals surface area contributed by atoms with Gasteiger partial charge in [0.05, 0.1) is 13.2 Å². The zero-order valence-electron chi connectivity index (χ0n) is 9.65. The van der Waals surface area contributed by atoms with E-state index in [4.69, 9.17) is 10.2 Å². The van der Waals surface area contributed by atoms with Crippen LogP contribution >= 0.6 is 0 Å². The minimum atomic E-state index is -0.413. The summed E-state index contributed by atoms with van der Waals surface area (Å²) in [5.74, 6) is -0.413. The maximum Gasteiger partial charge on any atom is 0.130 e. The first kappa shape index (κ1) is 12.9. The minimum Gasteiger partial charge on any atom is -0.395 e. The van der Waals surface area contributed by atoms with Gasteiger partial charge < -0.3 is 15.1 Å². The van der Waals surface area contributed by atoms with Crippen molar-refractivity contribution < 1.29 is 14.6 Å². The summed E-state index contributed by atoms with van der Waals surface area (Å²) in [7, 11) is 0. The molecule has 0 saturated carbocycles. The summed E-state index contributed by atoms with van der Waals surface area (Å²) in [5.41, 5.74) is 0.927. The summed E-state index contributed by atoms with van der Waals surface area (Å²) in [6.07, 6.45) is 0. The zero-order chi connectivity index (χ0) is 12.1. The van der Waals surface area contributed by atoms with Crippen molar-refractivity contribution in [1.29, 1.82) is 0 Å². The number of aliphatic hydroxyl groups is 2. The maximum atomic E-state index is 13.5. The normalized spacial score (nSPS) is 10.9. The largest absolute Gasteiger partial charge is 0.395 e. The fraction of sp³-hybridized carbons (Fsp3) is 0.500. The molecule has 2 N–H and O–H groups in total. The van der Waals surface area contributed by atoms with E-state index in [9.17, 15) is 4.39 Å². The lowest BCUT2D eigenvalue weighted by Crippen LogP contribution is -2.34. The fourth-order valence-electron chi connectivity index (χ4n) is 1.74. The van der Waals surface area contributed by atoms with Gasteiger partial charge in [-0.1, -0.05) is 6.07 Å². The van der Waals surface area contributed by atoms with E-state index in [-0.39, 0.29) is 24.8 Å². The van der Waals surface area contributed by atoms with Crippen LogP contribution in [0.25, 0.3) is 0 Å². The van der Waals surface area contributed by atoms with E-state index in [1.165, 1.54) is 6.07 Å². The summed E-state index contributed by atoms with van der Waals surface area (Å²) in [4.78, 5) is 1.87. The molecule has 1 rings (SSSR count). The molecule has 0 aliphatic carbocycles. The van der Waals surface area contributed by atoms with Crippen molar-refractivity contribution in [3.05, 3.63) is 29.6 Å². The van der Waals surface area contributed by atoms with Crippen LogP contribution < -0.4 is 4.90 Å². The van der Waals surface area contributed by atoms with Crippen LogP contribution in [0.15, 0.2) is 18.2 Å². The van der Waals surface area contributed by atoms with Gasteiger partial charge in [0.25, 0.3) is 0 Å². The molecular weight excluding hydrogens is 209 g/mol. The molecule has 0 bridgehead atoms. The van der Waals surface area contributed by atoms with Crippen molar-refractivity contribution in [2.45, 2.75) is 26.5 Å². The molecule has 4 heteroatoms. The number of hydrogen-bond acceptors (Lipinski definition) is 3. The molecule has 3 nitrogen and oxygen atoms in total. The van der Waals surface area contributed by atoms with Crippen molar-refractivity contribution in [2.24, 2.45) is 0 Å². The molecule has 0 saturated heterocycles. The molecule has 0 amide bonds. The zero-order valence-corrected chi connectivity index (χ0v) is 9.65. The van der Waals surface area contributed by atoms with Gasteiger partial charge in [0.1, 0.15) is 5.82 Å². The van der Waals surface area contributed by atoms with Gasteiger partial charge in [-0.2, -0.15) is 0 Å². The molecule has 0 radical (unpaired) electrons. The van der Waals surface area contributed by atoms with Crippen LogP contribution in [0.1, 0.15) is 19.4 Å². The Labute approximate surface area is 95.1 Å². The predicted octanol–water partition coefficient (Wildman–Crippen LogP) is 1.53. The average Bonchev–Trinajstić information content (AvgIpc) is 2.25. The van der Waals surface area contributed by atoms with E-state index < -0.39 is 5.82 Å². The monoisotopic (exact) mass is 227 g/mol. The number of anilines is 1. The van der Waals surface area contributed by atoms with Crippen molar-refractivity contribution in [3.8, 4) is 0 Å². The Kier molecular flexibility index (Phi) is 4.71. The second kappa shape index (κ2) is 5.82. The Morgan fingerprint density at radius 1 is 1.31 bits per heavy atom. The lowest BCUT2D eigenvalue weighted by molar-refractivity contribution is 0.274. The molecule has 0 aliphatic rings. The number of hydrogen-bond donors (Lipinski definition) is 2. The van der Waals surface area contributed by atoms with Crippen LogP contribution in [0.2, 0.25) is 0 Å². The van der Waals surface area contributed by atoms with Gasteiger partial charge in [-0.05, 0) is 26.0 Å². The molecule has 1 aromatic rings. The third kappa shape index (κ3) is 2.71. The summed E-state index contributed by atoms with van der Waals surface area (Å²) in [5, 5.41) is 18.2. The highest BCUT2D eigenvalue weighted by Gasteiger charge is 2.15. The lowest BCUT2D eigenvalue weighted by atomic mass is 10.1. The number of benzene rings is 1. The average molecular weight is 227 g/mol. The fourth-order valence-corrected chi connectivity index (χ4v) is 1.74. The molecule has 0 aliphatic heterocycles. The number of rotatable bonds is 5. The van der Waals surface area contributed by atoms with E-state index in [1.54, 1.807) is 12.1 Å². The number of nitrogens with zero attached hydrogens (tertiary/aromatic N) is 1. The van der Waals surface area contributed by atoms with E-state index in [0.717, 1.165) is 0 Å². The van der Waals surface area contributed by atoms with Crippen LogP contribution in [0.4, 0.5) is 10.1 Å². The number of aliphatic hydroxyl groups excluding tert-OH is 2. The van der Waals surface area contributed by atoms with Crippen molar-refractivity contribution >= 4 is 5.69 Å². The molecule has 16 heavy (non-hydrogen) atoms. The number of halogens is 1. The Bertz CT molecular complexity index is 342. The molecular formula is C12H18FNO2. The van der Waals surface area contributed by atoms with Crippen molar-refractivity contribution in [1.82, 2.24) is 0 Å². The van der Waals surface area contributed by atoms with E-state index >= 15 is 0 Å². The Morgan fingerprint density at radius 3 is 2.50 bits per heavy atom. The highest BCUT2D eigenvalue weighted by Crippen LogP contribution is 2.24. The summed E-state index contributed by atoms with van der Waals surface area (Å²) in [6.45, 7) is 4.01. The Balaban J connectivity index is 3.12. The second-order valence-corrected chi connectivity index (χ2v) is 3.91. The second-order valence-electron chi connectivity index (χ2n) is 3.91. The smallest absolute Gasteiger partial charge is 0.130 e. The minimum absolute atomic E-state index is 0.000435. The summed E-state index contributed by atoms with van der Waals surface area (Å²) < 4.78 is 13.5. The molecule has 0 atom stereocenters. The molecule has 0 aromatic heterocycles. The Hall–Kier alpha value is -1.13. The molecule has 0 unspecified atom stereocenters. The predicted molar refractivity (Wildman–Crippen MR) is 61.9 cm³/mol. The quantitative estimate of drug-likeness (QED) is 0.801. The van der Waals surface area contributed by atoms with Crippen LogP contribution in [0.5, 0.6) is 0 Å². The van der Waals surface area contributed by atoms with Crippen LogP contribution in [0.3, 0.4) is 0 Å². The van der Waals surface area contributed by atoms with Crippen LogP contribution in [0, 0.1) is 5.82 Å². The van der Waals surface area contributed by atoms with Crippen LogP contribution in [-0.4, -0.2) is 29.4 Å². The van der Waals surface area contributed by atoms with Gasteiger partial charge in [0.2, 0.25) is 0 Å². The molecule has 0 heterocycles. The third-order valence-corrected chi connectivity index (χ3v) is 2.53. The van der Waals surface area contributed by atoms with Gasteiger partial charge >= 0.3 is 0 Å². The van der Waals surface area contributed by atoms with E-state index in [2.05, 4.69) is 0 Å². The van der Waals surface area contributed by atoms with Gasteiger partial charge in [0.15, 0.2) is 0 Å². The first-order valence-electron chi connectivity index (χ1n) is 5.37. The molecule has 90 valence electrons. The van der Waals surface area contributed by atoms with Crippen LogP contribution in [-0.2, 0) is 6.61 Å². The highest BCUT2D eigenvalue weighted by atomic mass is 19.1. The lowest BCUT2D eigenvalue weighted by Gasteiger charge is -2.30. The first-order chi connectivity index (χ1) is 7.61. The first-order valence-corrected chi connectivity index (χ1v) is 5.37.